The Balaban J connectivity index is 1.58. The summed E-state index contributed by atoms with van der Waals surface area (Å²) in [6, 6.07) is 4.90. The molecule has 1 aliphatic rings. The van der Waals surface area contributed by atoms with E-state index in [1.165, 1.54) is 36.9 Å². The topological polar surface area (TPSA) is 66.9 Å². The molecule has 3 rings (SSSR count). The minimum atomic E-state index is -0.959. The number of allylic oxidation sites excluding steroid dienone is 1. The Morgan fingerprint density at radius 2 is 2.00 bits per heavy atom. The van der Waals surface area contributed by atoms with E-state index in [1.807, 2.05) is 0 Å². The average Bonchev–Trinajstić information content (AvgIpc) is 2.66. The van der Waals surface area contributed by atoms with Gasteiger partial charge >= 0.3 is 0 Å². The normalized spacial score (nSPS) is 13.8. The number of halogens is 2. The predicted molar refractivity (Wildman–Crippen MR) is 95.2 cm³/mol. The van der Waals surface area contributed by atoms with Gasteiger partial charge in [0.05, 0.1) is 0 Å². The fourth-order valence-corrected chi connectivity index (χ4v) is 2.83. The van der Waals surface area contributed by atoms with E-state index in [0.29, 0.717) is 18.1 Å². The van der Waals surface area contributed by atoms with E-state index < -0.39 is 11.6 Å². The number of carbonyl (C=O) groups is 1. The van der Waals surface area contributed by atoms with Crippen LogP contribution in [0.4, 0.5) is 20.3 Å². The third-order valence-electron chi connectivity index (χ3n) is 4.21. The Morgan fingerprint density at radius 3 is 2.77 bits per heavy atom. The van der Waals surface area contributed by atoms with E-state index in [2.05, 4.69) is 26.7 Å². The Morgan fingerprint density at radius 1 is 1.12 bits per heavy atom. The summed E-state index contributed by atoms with van der Waals surface area (Å²) >= 11 is 0. The van der Waals surface area contributed by atoms with Gasteiger partial charge in [0.2, 0.25) is 0 Å². The summed E-state index contributed by atoms with van der Waals surface area (Å²) in [5.41, 5.74) is 1.93. The quantitative estimate of drug-likeness (QED) is 0.763. The summed E-state index contributed by atoms with van der Waals surface area (Å²) in [6.45, 7) is 0.556. The zero-order chi connectivity index (χ0) is 18.4. The minimum absolute atomic E-state index is 0.211. The maximum absolute atomic E-state index is 13.3. The van der Waals surface area contributed by atoms with E-state index >= 15 is 0 Å². The average molecular weight is 358 g/mol. The van der Waals surface area contributed by atoms with Gasteiger partial charge in [0.25, 0.3) is 5.91 Å². The van der Waals surface area contributed by atoms with Gasteiger partial charge in [0, 0.05) is 24.4 Å². The lowest BCUT2D eigenvalue weighted by molar-refractivity contribution is 0.0949. The number of nitrogens with one attached hydrogen (secondary N) is 2. The van der Waals surface area contributed by atoms with Crippen molar-refractivity contribution in [1.82, 2.24) is 15.3 Å². The van der Waals surface area contributed by atoms with Crippen molar-refractivity contribution < 1.29 is 13.6 Å². The molecular formula is C19H20F2N4O. The molecule has 1 aromatic heterocycles. The van der Waals surface area contributed by atoms with E-state index in [9.17, 15) is 13.6 Å². The third kappa shape index (κ3) is 4.84. The molecule has 0 spiro atoms. The highest BCUT2D eigenvalue weighted by molar-refractivity contribution is 5.92. The van der Waals surface area contributed by atoms with Crippen LogP contribution >= 0.6 is 0 Å². The van der Waals surface area contributed by atoms with Gasteiger partial charge in [0.15, 0.2) is 11.6 Å². The van der Waals surface area contributed by atoms with Crippen LogP contribution in [0.3, 0.4) is 0 Å². The number of amides is 1. The van der Waals surface area contributed by atoms with Crippen molar-refractivity contribution >= 4 is 17.4 Å². The molecule has 2 aromatic rings. The third-order valence-corrected chi connectivity index (χ3v) is 4.21. The zero-order valence-corrected chi connectivity index (χ0v) is 14.3. The number of hydrogen-bond donors (Lipinski definition) is 2. The second kappa shape index (κ2) is 8.51. The van der Waals surface area contributed by atoms with Gasteiger partial charge < -0.3 is 10.6 Å². The number of hydrogen-bond acceptors (Lipinski definition) is 4. The maximum Gasteiger partial charge on any atom is 0.270 e. The smallest absolute Gasteiger partial charge is 0.270 e. The highest BCUT2D eigenvalue weighted by Gasteiger charge is 2.10. The largest absolute Gasteiger partial charge is 0.350 e. The van der Waals surface area contributed by atoms with E-state index in [4.69, 9.17) is 0 Å². The highest BCUT2D eigenvalue weighted by Crippen LogP contribution is 2.20. The zero-order valence-electron chi connectivity index (χ0n) is 14.3. The molecule has 0 aliphatic heterocycles. The molecule has 0 saturated carbocycles. The number of carbonyl (C=O) groups excluding carboxylic acids is 1. The van der Waals surface area contributed by atoms with Gasteiger partial charge in [0.1, 0.15) is 17.8 Å². The minimum Gasteiger partial charge on any atom is -0.350 e. The second-order valence-corrected chi connectivity index (χ2v) is 6.16. The summed E-state index contributed by atoms with van der Waals surface area (Å²) in [4.78, 5) is 20.2. The Bertz CT molecular complexity index is 823. The Kier molecular flexibility index (Phi) is 5.88. The lowest BCUT2D eigenvalue weighted by atomic mass is 9.97. The van der Waals surface area contributed by atoms with Crippen LogP contribution in [0, 0.1) is 11.6 Å². The molecule has 0 bridgehead atoms. The summed E-state index contributed by atoms with van der Waals surface area (Å²) in [7, 11) is 0. The first-order valence-corrected chi connectivity index (χ1v) is 8.62. The molecule has 1 amide bonds. The second-order valence-electron chi connectivity index (χ2n) is 6.16. The van der Waals surface area contributed by atoms with E-state index in [0.717, 1.165) is 31.4 Å². The molecule has 1 aliphatic carbocycles. The highest BCUT2D eigenvalue weighted by atomic mass is 19.2. The molecule has 26 heavy (non-hydrogen) atoms. The van der Waals surface area contributed by atoms with Gasteiger partial charge in [-0.15, -0.1) is 0 Å². The summed E-state index contributed by atoms with van der Waals surface area (Å²) < 4.78 is 26.2. The van der Waals surface area contributed by atoms with Crippen LogP contribution < -0.4 is 10.6 Å². The van der Waals surface area contributed by atoms with Crippen LogP contribution in [-0.4, -0.2) is 22.4 Å². The standard InChI is InChI=1S/C19H20F2N4O/c20-15-7-6-14(10-16(15)21)25-18-11-17(23-12-24-18)19(26)22-9-8-13-4-2-1-3-5-13/h4,6-7,10-12H,1-3,5,8-9H2,(H,22,26)(H,23,24,25). The molecule has 0 radical (unpaired) electrons. The Hall–Kier alpha value is -2.83. The maximum atomic E-state index is 13.3. The first kappa shape index (κ1) is 18.0. The van der Waals surface area contributed by atoms with Crippen molar-refractivity contribution in [2.75, 3.05) is 11.9 Å². The summed E-state index contributed by atoms with van der Waals surface area (Å²) in [5.74, 6) is -1.85. The van der Waals surface area contributed by atoms with Gasteiger partial charge in [-0.2, -0.15) is 0 Å². The van der Waals surface area contributed by atoms with Gasteiger partial charge in [-0.05, 0) is 44.2 Å². The van der Waals surface area contributed by atoms with Crippen molar-refractivity contribution in [3.8, 4) is 0 Å². The fourth-order valence-electron chi connectivity index (χ4n) is 2.83. The van der Waals surface area contributed by atoms with Crippen molar-refractivity contribution in [3.05, 3.63) is 59.6 Å². The van der Waals surface area contributed by atoms with E-state index in [1.54, 1.807) is 0 Å². The molecule has 0 saturated heterocycles. The summed E-state index contributed by atoms with van der Waals surface area (Å²) in [6.07, 6.45) is 9.02. The molecule has 0 unspecified atom stereocenters. The predicted octanol–water partition coefficient (Wildman–Crippen LogP) is 4.12. The lowest BCUT2D eigenvalue weighted by Gasteiger charge is -2.13. The van der Waals surface area contributed by atoms with Crippen LogP contribution in [-0.2, 0) is 0 Å². The van der Waals surface area contributed by atoms with Crippen molar-refractivity contribution in [3.63, 3.8) is 0 Å². The molecule has 1 aromatic carbocycles. The number of anilines is 2. The van der Waals surface area contributed by atoms with Crippen molar-refractivity contribution in [2.24, 2.45) is 0 Å². The van der Waals surface area contributed by atoms with Crippen LogP contribution in [0.2, 0.25) is 0 Å². The molecule has 1 heterocycles. The van der Waals surface area contributed by atoms with Crippen LogP contribution in [0.25, 0.3) is 0 Å². The molecule has 5 nitrogen and oxygen atoms in total. The monoisotopic (exact) mass is 358 g/mol. The van der Waals surface area contributed by atoms with Crippen molar-refractivity contribution in [2.45, 2.75) is 32.1 Å². The van der Waals surface area contributed by atoms with Crippen LogP contribution in [0.15, 0.2) is 42.2 Å². The SMILES string of the molecule is O=C(NCCC1=CCCCC1)c1cc(Nc2ccc(F)c(F)c2)ncn1. The number of aromatic nitrogens is 2. The van der Waals surface area contributed by atoms with Crippen LogP contribution in [0.1, 0.15) is 42.6 Å². The van der Waals surface area contributed by atoms with Gasteiger partial charge in [-0.1, -0.05) is 11.6 Å². The number of benzene rings is 1. The number of nitrogens with zero attached hydrogens (tertiary/aromatic N) is 2. The van der Waals surface area contributed by atoms with E-state index in [-0.39, 0.29) is 11.6 Å². The molecule has 2 N–H and O–H groups in total. The molecule has 0 atom stereocenters. The Labute approximate surface area is 150 Å². The molecule has 7 heteroatoms. The molecular weight excluding hydrogens is 338 g/mol. The van der Waals surface area contributed by atoms with Crippen molar-refractivity contribution in [1.29, 1.82) is 0 Å². The first-order valence-electron chi connectivity index (χ1n) is 8.62. The van der Waals surface area contributed by atoms with Gasteiger partial charge in [-0.25, -0.2) is 18.7 Å². The van der Waals surface area contributed by atoms with Crippen LogP contribution in [0.5, 0.6) is 0 Å². The molecule has 136 valence electrons. The first-order chi connectivity index (χ1) is 12.6. The number of rotatable bonds is 6. The summed E-state index contributed by atoms with van der Waals surface area (Å²) in [5, 5.41) is 5.67. The fraction of sp³-hybridized carbons (Fsp3) is 0.316. The molecule has 0 fully saturated rings. The lowest BCUT2D eigenvalue weighted by Crippen LogP contribution is -2.26. The van der Waals surface area contributed by atoms with Gasteiger partial charge in [-0.3, -0.25) is 4.79 Å².